The third-order valence-corrected chi connectivity index (χ3v) is 7.48. The molecule has 2 amide bonds. The van der Waals surface area contributed by atoms with Gasteiger partial charge in [-0.3, -0.25) is 9.59 Å². The number of nitrogens with zero attached hydrogens (tertiary/aromatic N) is 3. The smallest absolute Gasteiger partial charge is 0.261 e. The highest BCUT2D eigenvalue weighted by Gasteiger charge is 2.41. The van der Waals surface area contributed by atoms with Gasteiger partial charge < -0.3 is 14.7 Å². The maximum Gasteiger partial charge on any atom is 0.261 e. The maximum absolute atomic E-state index is 13.3. The molecule has 150 valence electrons. The van der Waals surface area contributed by atoms with E-state index in [1.807, 2.05) is 46.2 Å². The van der Waals surface area contributed by atoms with E-state index in [2.05, 4.69) is 11.9 Å². The summed E-state index contributed by atoms with van der Waals surface area (Å²) >= 11 is 1.72. The number of rotatable bonds is 3. The van der Waals surface area contributed by atoms with E-state index in [1.54, 1.807) is 11.8 Å². The van der Waals surface area contributed by atoms with Crippen molar-refractivity contribution in [2.75, 3.05) is 39.8 Å². The molecule has 1 saturated carbocycles. The SMILES string of the molecule is CN1CCN(C(=O)CN2C(=O)/C(=C/c3ccccc3)SC3CCCCC32)CC1. The Bertz CT molecular complexity index is 743. The number of amides is 2. The topological polar surface area (TPSA) is 43.9 Å². The fourth-order valence-electron chi connectivity index (χ4n) is 4.36. The van der Waals surface area contributed by atoms with Crippen LogP contribution in [0.15, 0.2) is 35.2 Å². The summed E-state index contributed by atoms with van der Waals surface area (Å²) in [4.78, 5) is 33.1. The van der Waals surface area contributed by atoms with E-state index in [9.17, 15) is 9.59 Å². The molecule has 2 atom stereocenters. The number of carbonyl (C=O) groups excluding carboxylic acids is 2. The zero-order valence-electron chi connectivity index (χ0n) is 16.5. The Kier molecular flexibility index (Phi) is 6.07. The van der Waals surface area contributed by atoms with Gasteiger partial charge in [0.05, 0.1) is 4.91 Å². The van der Waals surface area contributed by atoms with Crippen LogP contribution in [0.4, 0.5) is 0 Å². The highest BCUT2D eigenvalue weighted by Crippen LogP contribution is 2.42. The molecule has 28 heavy (non-hydrogen) atoms. The summed E-state index contributed by atoms with van der Waals surface area (Å²) in [5.41, 5.74) is 1.04. The van der Waals surface area contributed by atoms with E-state index < -0.39 is 0 Å². The van der Waals surface area contributed by atoms with E-state index in [4.69, 9.17) is 0 Å². The molecule has 1 aromatic rings. The van der Waals surface area contributed by atoms with E-state index in [0.717, 1.165) is 55.9 Å². The molecule has 2 unspecified atom stereocenters. The molecule has 3 fully saturated rings. The summed E-state index contributed by atoms with van der Waals surface area (Å²) in [6.07, 6.45) is 6.48. The van der Waals surface area contributed by atoms with Crippen LogP contribution < -0.4 is 0 Å². The molecule has 6 heteroatoms. The Morgan fingerprint density at radius 2 is 1.82 bits per heavy atom. The van der Waals surface area contributed by atoms with Gasteiger partial charge in [-0.2, -0.15) is 0 Å². The Morgan fingerprint density at radius 1 is 1.11 bits per heavy atom. The number of fused-ring (bicyclic) bond motifs is 1. The number of hydrogen-bond donors (Lipinski definition) is 0. The van der Waals surface area contributed by atoms with Gasteiger partial charge in [0, 0.05) is 37.5 Å². The Hall–Kier alpha value is -1.79. The van der Waals surface area contributed by atoms with Gasteiger partial charge in [0.25, 0.3) is 5.91 Å². The Balaban J connectivity index is 1.53. The average Bonchev–Trinajstić information content (AvgIpc) is 2.72. The third-order valence-electron chi connectivity index (χ3n) is 6.08. The molecule has 1 aromatic carbocycles. The van der Waals surface area contributed by atoms with Crippen molar-refractivity contribution in [2.24, 2.45) is 0 Å². The molecule has 0 N–H and O–H groups in total. The van der Waals surface area contributed by atoms with Gasteiger partial charge >= 0.3 is 0 Å². The monoisotopic (exact) mass is 399 g/mol. The molecule has 2 aliphatic heterocycles. The second kappa shape index (κ2) is 8.70. The lowest BCUT2D eigenvalue weighted by atomic mass is 9.93. The van der Waals surface area contributed by atoms with Gasteiger partial charge in [-0.05, 0) is 31.5 Å². The van der Waals surface area contributed by atoms with Gasteiger partial charge in [-0.1, -0.05) is 43.2 Å². The number of hydrogen-bond acceptors (Lipinski definition) is 4. The summed E-state index contributed by atoms with van der Waals surface area (Å²) in [6.45, 7) is 3.54. The number of likely N-dealkylation sites (N-methyl/N-ethyl adjacent to an activating group) is 1. The van der Waals surface area contributed by atoms with Crippen molar-refractivity contribution < 1.29 is 9.59 Å². The first-order valence-electron chi connectivity index (χ1n) is 10.3. The minimum absolute atomic E-state index is 0.0273. The number of carbonyl (C=O) groups is 2. The molecule has 1 aliphatic carbocycles. The maximum atomic E-state index is 13.3. The van der Waals surface area contributed by atoms with Crippen molar-refractivity contribution in [3.8, 4) is 0 Å². The van der Waals surface area contributed by atoms with Crippen molar-refractivity contribution in [1.29, 1.82) is 0 Å². The fourth-order valence-corrected chi connectivity index (χ4v) is 5.84. The molecule has 0 aromatic heterocycles. The lowest BCUT2D eigenvalue weighted by Gasteiger charge is -2.44. The zero-order chi connectivity index (χ0) is 19.5. The second-order valence-electron chi connectivity index (χ2n) is 8.04. The van der Waals surface area contributed by atoms with Gasteiger partial charge in [0.2, 0.25) is 5.91 Å². The van der Waals surface area contributed by atoms with Crippen molar-refractivity contribution >= 4 is 29.7 Å². The molecule has 2 saturated heterocycles. The highest BCUT2D eigenvalue weighted by molar-refractivity contribution is 8.04. The molecular formula is C22H29N3O2S. The molecular weight excluding hydrogens is 370 g/mol. The first kappa shape index (κ1) is 19.5. The summed E-state index contributed by atoms with van der Waals surface area (Å²) in [5.74, 6) is 0.121. The third kappa shape index (κ3) is 4.28. The molecule has 3 aliphatic rings. The Labute approximate surface area is 171 Å². The van der Waals surface area contributed by atoms with Crippen LogP contribution in [0, 0.1) is 0 Å². The van der Waals surface area contributed by atoms with E-state index >= 15 is 0 Å². The number of benzene rings is 1. The van der Waals surface area contributed by atoms with Gasteiger partial charge in [0.1, 0.15) is 6.54 Å². The lowest BCUT2D eigenvalue weighted by Crippen LogP contribution is -2.56. The highest BCUT2D eigenvalue weighted by atomic mass is 32.2. The first-order valence-corrected chi connectivity index (χ1v) is 11.2. The van der Waals surface area contributed by atoms with Crippen LogP contribution in [0.1, 0.15) is 31.2 Å². The zero-order valence-corrected chi connectivity index (χ0v) is 17.4. The predicted octanol–water partition coefficient (Wildman–Crippen LogP) is 2.69. The first-order chi connectivity index (χ1) is 13.6. The summed E-state index contributed by atoms with van der Waals surface area (Å²) in [5, 5.41) is 0.404. The minimum Gasteiger partial charge on any atom is -0.339 e. The van der Waals surface area contributed by atoms with Crippen molar-refractivity contribution in [1.82, 2.24) is 14.7 Å². The largest absolute Gasteiger partial charge is 0.339 e. The molecule has 0 radical (unpaired) electrons. The van der Waals surface area contributed by atoms with Gasteiger partial charge in [-0.25, -0.2) is 0 Å². The van der Waals surface area contributed by atoms with Crippen LogP contribution in [0.5, 0.6) is 0 Å². The van der Waals surface area contributed by atoms with E-state index in [1.165, 1.54) is 6.42 Å². The predicted molar refractivity (Wildman–Crippen MR) is 114 cm³/mol. The quantitative estimate of drug-likeness (QED) is 0.733. The van der Waals surface area contributed by atoms with Crippen molar-refractivity contribution in [3.05, 3.63) is 40.8 Å². The molecule has 2 heterocycles. The van der Waals surface area contributed by atoms with Crippen LogP contribution in [0.2, 0.25) is 0 Å². The summed E-state index contributed by atoms with van der Waals surface area (Å²) < 4.78 is 0. The molecule has 5 nitrogen and oxygen atoms in total. The van der Waals surface area contributed by atoms with Crippen LogP contribution in [-0.2, 0) is 9.59 Å². The van der Waals surface area contributed by atoms with Gasteiger partial charge in [0.15, 0.2) is 0 Å². The lowest BCUT2D eigenvalue weighted by molar-refractivity contribution is -0.141. The number of thioether (sulfide) groups is 1. The minimum atomic E-state index is 0.0273. The standard InChI is InChI=1S/C22H29N3O2S/c1-23-11-13-24(14-12-23)21(26)16-25-18-9-5-6-10-19(18)28-20(22(25)27)15-17-7-3-2-4-8-17/h2-4,7-8,15,18-19H,5-6,9-14,16H2,1H3/b20-15-. The summed E-state index contributed by atoms with van der Waals surface area (Å²) in [7, 11) is 2.08. The van der Waals surface area contributed by atoms with Crippen LogP contribution in [0.25, 0.3) is 6.08 Å². The molecule has 0 spiro atoms. The average molecular weight is 400 g/mol. The van der Waals surface area contributed by atoms with Crippen molar-refractivity contribution in [2.45, 2.75) is 37.0 Å². The Morgan fingerprint density at radius 3 is 2.57 bits per heavy atom. The van der Waals surface area contributed by atoms with Gasteiger partial charge in [-0.15, -0.1) is 11.8 Å². The second-order valence-corrected chi connectivity index (χ2v) is 9.33. The normalized spacial score (nSPS) is 27.8. The van der Waals surface area contributed by atoms with Crippen molar-refractivity contribution in [3.63, 3.8) is 0 Å². The fraction of sp³-hybridized carbons (Fsp3) is 0.545. The van der Waals surface area contributed by atoms with E-state index in [-0.39, 0.29) is 24.4 Å². The van der Waals surface area contributed by atoms with Crippen LogP contribution in [-0.4, -0.2) is 77.6 Å². The molecule has 4 rings (SSSR count). The van der Waals surface area contributed by atoms with Crippen LogP contribution >= 0.6 is 11.8 Å². The van der Waals surface area contributed by atoms with E-state index in [0.29, 0.717) is 5.25 Å². The summed E-state index contributed by atoms with van der Waals surface area (Å²) in [6, 6.07) is 10.2. The molecule has 0 bridgehead atoms. The van der Waals surface area contributed by atoms with Crippen LogP contribution in [0.3, 0.4) is 0 Å². The number of piperazine rings is 1.